The van der Waals surface area contributed by atoms with Gasteiger partial charge in [-0.15, -0.1) is 0 Å². The van der Waals surface area contributed by atoms with Crippen LogP contribution in [0.5, 0.6) is 11.5 Å². The first-order valence-electron chi connectivity index (χ1n) is 8.32. The van der Waals surface area contributed by atoms with Crippen molar-refractivity contribution in [3.8, 4) is 11.5 Å². The lowest BCUT2D eigenvalue weighted by Crippen LogP contribution is -2.47. The molecule has 0 saturated carbocycles. The first-order chi connectivity index (χ1) is 11.7. The second-order valence-electron chi connectivity index (χ2n) is 6.63. The van der Waals surface area contributed by atoms with Crippen molar-refractivity contribution in [3.05, 3.63) is 53.8 Å². The summed E-state index contributed by atoms with van der Waals surface area (Å²) in [5, 5.41) is 0. The van der Waals surface area contributed by atoms with E-state index in [2.05, 4.69) is 11.0 Å². The van der Waals surface area contributed by atoms with Crippen molar-refractivity contribution in [1.82, 2.24) is 0 Å². The van der Waals surface area contributed by atoms with Crippen LogP contribution < -0.4 is 20.1 Å². The van der Waals surface area contributed by atoms with Gasteiger partial charge in [0.1, 0.15) is 5.82 Å². The van der Waals surface area contributed by atoms with Crippen LogP contribution in [0.15, 0.2) is 42.5 Å². The molecule has 0 spiro atoms. The molecule has 2 atom stereocenters. The van der Waals surface area contributed by atoms with Gasteiger partial charge in [0.05, 0.1) is 0 Å². The Balaban J connectivity index is 1.49. The van der Waals surface area contributed by atoms with E-state index in [0.29, 0.717) is 5.92 Å². The van der Waals surface area contributed by atoms with Crippen LogP contribution in [0.3, 0.4) is 0 Å². The van der Waals surface area contributed by atoms with Crippen molar-refractivity contribution in [2.75, 3.05) is 24.8 Å². The number of nitrogens with zero attached hydrogens (tertiary/aromatic N) is 1. The van der Waals surface area contributed by atoms with Gasteiger partial charge in [-0.1, -0.05) is 12.1 Å². The highest BCUT2D eigenvalue weighted by atomic mass is 19.1. The number of halogens is 1. The van der Waals surface area contributed by atoms with Crippen LogP contribution >= 0.6 is 0 Å². The summed E-state index contributed by atoms with van der Waals surface area (Å²) in [6.07, 6.45) is 1.90. The SMILES string of the molecule is NC1CC(Cc2ccc(F)cc2)CN(c2ccc3c(c2)OCO3)C1. The minimum absolute atomic E-state index is 0.134. The third kappa shape index (κ3) is 3.17. The Bertz CT molecular complexity index is 720. The summed E-state index contributed by atoms with van der Waals surface area (Å²) in [6, 6.07) is 12.9. The molecule has 4 rings (SSSR count). The molecular weight excluding hydrogens is 307 g/mol. The van der Waals surface area contributed by atoms with Crippen molar-refractivity contribution in [2.45, 2.75) is 18.9 Å². The van der Waals surface area contributed by atoms with Gasteiger partial charge in [-0.2, -0.15) is 0 Å². The summed E-state index contributed by atoms with van der Waals surface area (Å²) in [7, 11) is 0. The van der Waals surface area contributed by atoms with Gasteiger partial charge in [0.15, 0.2) is 11.5 Å². The highest BCUT2D eigenvalue weighted by Crippen LogP contribution is 2.36. The minimum atomic E-state index is -0.193. The van der Waals surface area contributed by atoms with Crippen LogP contribution in [0.1, 0.15) is 12.0 Å². The number of fused-ring (bicyclic) bond motifs is 1. The van der Waals surface area contributed by atoms with Crippen molar-refractivity contribution >= 4 is 5.69 Å². The van der Waals surface area contributed by atoms with E-state index in [1.807, 2.05) is 24.3 Å². The molecule has 2 heterocycles. The molecule has 5 heteroatoms. The van der Waals surface area contributed by atoms with E-state index in [4.69, 9.17) is 15.2 Å². The average Bonchev–Trinajstić information content (AvgIpc) is 3.04. The Morgan fingerprint density at radius 3 is 2.67 bits per heavy atom. The normalized spacial score (nSPS) is 22.7. The number of piperidine rings is 1. The highest BCUT2D eigenvalue weighted by Gasteiger charge is 2.26. The Hall–Kier alpha value is -2.27. The molecule has 2 aromatic carbocycles. The summed E-state index contributed by atoms with van der Waals surface area (Å²) < 4.78 is 23.9. The second-order valence-corrected chi connectivity index (χ2v) is 6.63. The van der Waals surface area contributed by atoms with E-state index in [9.17, 15) is 4.39 Å². The second kappa shape index (κ2) is 6.32. The molecular formula is C19H21FN2O2. The molecule has 0 aliphatic carbocycles. The van der Waals surface area contributed by atoms with Gasteiger partial charge in [-0.3, -0.25) is 0 Å². The summed E-state index contributed by atoms with van der Waals surface area (Å²) in [5.41, 5.74) is 8.55. The molecule has 4 nitrogen and oxygen atoms in total. The molecule has 0 radical (unpaired) electrons. The van der Waals surface area contributed by atoms with Crippen LogP contribution in [-0.2, 0) is 6.42 Å². The average molecular weight is 328 g/mol. The first kappa shape index (κ1) is 15.3. The Kier molecular flexibility index (Phi) is 4.02. The molecule has 24 heavy (non-hydrogen) atoms. The van der Waals surface area contributed by atoms with Gasteiger partial charge in [0.25, 0.3) is 0 Å². The Morgan fingerprint density at radius 1 is 1.04 bits per heavy atom. The smallest absolute Gasteiger partial charge is 0.231 e. The number of benzene rings is 2. The van der Waals surface area contributed by atoms with E-state index in [-0.39, 0.29) is 18.7 Å². The molecule has 2 aliphatic heterocycles. The monoisotopic (exact) mass is 328 g/mol. The molecule has 1 fully saturated rings. The van der Waals surface area contributed by atoms with E-state index in [0.717, 1.165) is 48.7 Å². The van der Waals surface area contributed by atoms with Gasteiger partial charge in [0.2, 0.25) is 6.79 Å². The third-order valence-corrected chi connectivity index (χ3v) is 4.73. The fourth-order valence-corrected chi connectivity index (χ4v) is 3.64. The first-order valence-corrected chi connectivity index (χ1v) is 8.32. The number of rotatable bonds is 3. The van der Waals surface area contributed by atoms with Crippen LogP contribution in [0.25, 0.3) is 0 Å². The maximum atomic E-state index is 13.1. The lowest BCUT2D eigenvalue weighted by atomic mass is 9.88. The third-order valence-electron chi connectivity index (χ3n) is 4.73. The van der Waals surface area contributed by atoms with Gasteiger partial charge < -0.3 is 20.1 Å². The molecule has 126 valence electrons. The highest BCUT2D eigenvalue weighted by molar-refractivity contribution is 5.57. The number of nitrogens with two attached hydrogens (primary N) is 1. The molecule has 0 aromatic heterocycles. The van der Waals surface area contributed by atoms with Crippen LogP contribution in [0.4, 0.5) is 10.1 Å². The molecule has 2 N–H and O–H groups in total. The number of anilines is 1. The zero-order valence-corrected chi connectivity index (χ0v) is 13.5. The van der Waals surface area contributed by atoms with E-state index in [1.54, 1.807) is 0 Å². The fraction of sp³-hybridized carbons (Fsp3) is 0.368. The van der Waals surface area contributed by atoms with Gasteiger partial charge in [-0.05, 0) is 48.6 Å². The summed E-state index contributed by atoms with van der Waals surface area (Å²) in [5.74, 6) is 1.84. The molecule has 2 aliphatic rings. The van der Waals surface area contributed by atoms with Crippen molar-refractivity contribution < 1.29 is 13.9 Å². The predicted molar refractivity (Wildman–Crippen MR) is 91.0 cm³/mol. The number of hydrogen-bond donors (Lipinski definition) is 1. The predicted octanol–water partition coefficient (Wildman–Crippen LogP) is 2.95. The molecule has 2 aromatic rings. The van der Waals surface area contributed by atoms with E-state index < -0.39 is 0 Å². The molecule has 0 bridgehead atoms. The summed E-state index contributed by atoms with van der Waals surface area (Å²) >= 11 is 0. The zero-order valence-electron chi connectivity index (χ0n) is 13.5. The summed E-state index contributed by atoms with van der Waals surface area (Å²) in [4.78, 5) is 2.31. The molecule has 0 amide bonds. The zero-order chi connectivity index (χ0) is 16.5. The van der Waals surface area contributed by atoms with Gasteiger partial charge >= 0.3 is 0 Å². The van der Waals surface area contributed by atoms with Crippen molar-refractivity contribution in [2.24, 2.45) is 11.7 Å². The standard InChI is InChI=1S/C19H21FN2O2/c20-15-3-1-13(2-4-15)7-14-8-16(21)11-22(10-14)17-5-6-18-19(9-17)24-12-23-18/h1-6,9,14,16H,7-8,10-12,21H2. The van der Waals surface area contributed by atoms with Gasteiger partial charge in [0, 0.05) is 30.9 Å². The lowest BCUT2D eigenvalue weighted by Gasteiger charge is -2.38. The molecule has 1 saturated heterocycles. The van der Waals surface area contributed by atoms with Crippen molar-refractivity contribution in [1.29, 1.82) is 0 Å². The van der Waals surface area contributed by atoms with Crippen LogP contribution in [0.2, 0.25) is 0 Å². The Morgan fingerprint density at radius 2 is 1.83 bits per heavy atom. The lowest BCUT2D eigenvalue weighted by molar-refractivity contribution is 0.174. The minimum Gasteiger partial charge on any atom is -0.454 e. The van der Waals surface area contributed by atoms with Crippen molar-refractivity contribution in [3.63, 3.8) is 0 Å². The maximum absolute atomic E-state index is 13.1. The van der Waals surface area contributed by atoms with E-state index in [1.165, 1.54) is 12.1 Å². The summed E-state index contributed by atoms with van der Waals surface area (Å²) in [6.45, 7) is 2.05. The van der Waals surface area contributed by atoms with Gasteiger partial charge in [-0.25, -0.2) is 4.39 Å². The number of ether oxygens (including phenoxy) is 2. The topological polar surface area (TPSA) is 47.7 Å². The van der Waals surface area contributed by atoms with Crippen LogP contribution in [0, 0.1) is 11.7 Å². The largest absolute Gasteiger partial charge is 0.454 e. The maximum Gasteiger partial charge on any atom is 0.231 e. The Labute approximate surface area is 141 Å². The molecule has 2 unspecified atom stereocenters. The van der Waals surface area contributed by atoms with Crippen LogP contribution in [-0.4, -0.2) is 25.9 Å². The number of hydrogen-bond acceptors (Lipinski definition) is 4. The fourth-order valence-electron chi connectivity index (χ4n) is 3.64. The van der Waals surface area contributed by atoms with E-state index >= 15 is 0 Å². The quantitative estimate of drug-likeness (QED) is 0.941.